The van der Waals surface area contributed by atoms with Crippen molar-refractivity contribution in [3.63, 3.8) is 0 Å². The van der Waals surface area contributed by atoms with Gasteiger partial charge in [0.15, 0.2) is 0 Å². The van der Waals surface area contributed by atoms with E-state index >= 15 is 0 Å². The van der Waals surface area contributed by atoms with Crippen LogP contribution in [0.3, 0.4) is 0 Å². The normalized spacial score (nSPS) is 20.0. The molecule has 0 fully saturated rings. The molecule has 128 valence electrons. The van der Waals surface area contributed by atoms with Crippen molar-refractivity contribution in [2.45, 2.75) is 32.3 Å². The Morgan fingerprint density at radius 2 is 1.92 bits per heavy atom. The Balaban J connectivity index is 1.79. The van der Waals surface area contributed by atoms with Gasteiger partial charge in [0, 0.05) is 23.3 Å². The number of allylic oxidation sites excluding steroid dienone is 2. The molecule has 2 heterocycles. The van der Waals surface area contributed by atoms with Gasteiger partial charge in [-0.25, -0.2) is 0 Å². The van der Waals surface area contributed by atoms with Crippen LogP contribution in [0.4, 0.5) is 0 Å². The fourth-order valence-corrected chi connectivity index (χ4v) is 3.34. The molecule has 2 aliphatic rings. The van der Waals surface area contributed by atoms with Crippen molar-refractivity contribution in [2.24, 2.45) is 0 Å². The van der Waals surface area contributed by atoms with Gasteiger partial charge in [-0.15, -0.1) is 0 Å². The van der Waals surface area contributed by atoms with Crippen molar-refractivity contribution >= 4 is 5.97 Å². The highest BCUT2D eigenvalue weighted by atomic mass is 16.6. The molecule has 5 nitrogen and oxygen atoms in total. The minimum Gasteiger partial charge on any atom is -0.508 e. The Kier molecular flexibility index (Phi) is 3.46. The molecular formula is C20H18O5. The maximum atomic E-state index is 12.4. The number of benzene rings is 2. The number of carbonyl (C=O) groups excluding carboxylic acids is 1. The molecule has 2 N–H and O–H groups in total. The highest BCUT2D eigenvalue weighted by Gasteiger charge is 2.46. The van der Waals surface area contributed by atoms with E-state index in [0.717, 1.165) is 16.7 Å². The standard InChI is InChI=1S/C20H18O5/c1-10(2)3-4-11-7-14-17(9-15(11)22)25-20(23)18-13-6-5-12(21)8-16(13)24-19(14)18/h3,5-9,18-19,21-22H,4H2,1-2H3. The van der Waals surface area contributed by atoms with Crippen molar-refractivity contribution in [3.8, 4) is 23.0 Å². The van der Waals surface area contributed by atoms with Crippen LogP contribution < -0.4 is 9.47 Å². The first-order valence-corrected chi connectivity index (χ1v) is 8.14. The van der Waals surface area contributed by atoms with Gasteiger partial charge in [-0.2, -0.15) is 0 Å². The number of ether oxygens (including phenoxy) is 2. The zero-order valence-electron chi connectivity index (χ0n) is 13.9. The molecule has 0 bridgehead atoms. The average Bonchev–Trinajstić information content (AvgIpc) is 2.92. The molecule has 2 aromatic rings. The van der Waals surface area contributed by atoms with Crippen molar-refractivity contribution in [1.82, 2.24) is 0 Å². The van der Waals surface area contributed by atoms with E-state index in [1.165, 1.54) is 18.2 Å². The monoisotopic (exact) mass is 338 g/mol. The van der Waals surface area contributed by atoms with Crippen LogP contribution in [-0.4, -0.2) is 16.2 Å². The number of carbonyl (C=O) groups is 1. The topological polar surface area (TPSA) is 76.0 Å². The van der Waals surface area contributed by atoms with Gasteiger partial charge < -0.3 is 19.7 Å². The molecule has 0 saturated heterocycles. The Labute approximate surface area is 145 Å². The second-order valence-electron chi connectivity index (χ2n) is 6.66. The zero-order valence-corrected chi connectivity index (χ0v) is 13.9. The van der Waals surface area contributed by atoms with Crippen LogP contribution in [0.25, 0.3) is 0 Å². The van der Waals surface area contributed by atoms with E-state index in [1.807, 2.05) is 26.0 Å². The molecule has 0 amide bonds. The lowest BCUT2D eigenvalue weighted by Crippen LogP contribution is -2.29. The molecule has 0 aromatic heterocycles. The molecule has 2 aromatic carbocycles. The number of esters is 1. The van der Waals surface area contributed by atoms with Gasteiger partial charge >= 0.3 is 5.97 Å². The van der Waals surface area contributed by atoms with Crippen LogP contribution in [0.5, 0.6) is 23.0 Å². The smallest absolute Gasteiger partial charge is 0.323 e. The molecule has 4 rings (SSSR count). The largest absolute Gasteiger partial charge is 0.508 e. The van der Waals surface area contributed by atoms with Gasteiger partial charge in [0.05, 0.1) is 0 Å². The lowest BCUT2D eigenvalue weighted by molar-refractivity contribution is -0.139. The number of fused-ring (bicyclic) bond motifs is 5. The number of rotatable bonds is 2. The summed E-state index contributed by atoms with van der Waals surface area (Å²) in [5.41, 5.74) is 3.34. The van der Waals surface area contributed by atoms with E-state index in [4.69, 9.17) is 9.47 Å². The molecule has 0 saturated carbocycles. The van der Waals surface area contributed by atoms with Gasteiger partial charge in [-0.05, 0) is 38.0 Å². The van der Waals surface area contributed by atoms with Crippen molar-refractivity contribution in [3.05, 3.63) is 58.7 Å². The maximum absolute atomic E-state index is 12.4. The summed E-state index contributed by atoms with van der Waals surface area (Å²) in [6.45, 7) is 3.99. The summed E-state index contributed by atoms with van der Waals surface area (Å²) in [6, 6.07) is 8.03. The number of phenols is 2. The van der Waals surface area contributed by atoms with Crippen LogP contribution in [0.1, 0.15) is 42.6 Å². The van der Waals surface area contributed by atoms with Crippen molar-refractivity contribution < 1.29 is 24.5 Å². The zero-order chi connectivity index (χ0) is 17.7. The van der Waals surface area contributed by atoms with Gasteiger partial charge in [0.25, 0.3) is 0 Å². The van der Waals surface area contributed by atoms with Crippen LogP contribution in [0, 0.1) is 0 Å². The predicted octanol–water partition coefficient (Wildman–Crippen LogP) is 3.74. The third kappa shape index (κ3) is 2.52. The minimum atomic E-state index is -0.566. The van der Waals surface area contributed by atoms with E-state index in [-0.39, 0.29) is 11.5 Å². The first-order valence-electron chi connectivity index (χ1n) is 8.14. The molecule has 2 atom stereocenters. The lowest BCUT2D eigenvalue weighted by atomic mass is 9.87. The second kappa shape index (κ2) is 5.55. The quantitative estimate of drug-likeness (QED) is 0.495. The van der Waals surface area contributed by atoms with E-state index in [2.05, 4.69) is 0 Å². The Bertz CT molecular complexity index is 909. The summed E-state index contributed by atoms with van der Waals surface area (Å²) in [7, 11) is 0. The number of phenolic OH excluding ortho intramolecular Hbond substituents is 2. The third-order valence-corrected chi connectivity index (χ3v) is 4.60. The second-order valence-corrected chi connectivity index (χ2v) is 6.66. The molecule has 25 heavy (non-hydrogen) atoms. The third-order valence-electron chi connectivity index (χ3n) is 4.60. The summed E-state index contributed by atoms with van der Waals surface area (Å²) in [6.07, 6.45) is 2.09. The summed E-state index contributed by atoms with van der Waals surface area (Å²) in [5.74, 6) is -0.000572. The van der Waals surface area contributed by atoms with Crippen molar-refractivity contribution in [2.75, 3.05) is 0 Å². The molecular weight excluding hydrogens is 320 g/mol. The van der Waals surface area contributed by atoms with Crippen LogP contribution in [0.2, 0.25) is 0 Å². The van der Waals surface area contributed by atoms with Crippen molar-refractivity contribution in [1.29, 1.82) is 0 Å². The Morgan fingerprint density at radius 1 is 1.12 bits per heavy atom. The maximum Gasteiger partial charge on any atom is 0.323 e. The molecule has 0 radical (unpaired) electrons. The number of aromatic hydroxyl groups is 2. The summed E-state index contributed by atoms with van der Waals surface area (Å²) < 4.78 is 11.4. The van der Waals surface area contributed by atoms with Crippen LogP contribution in [-0.2, 0) is 11.2 Å². The average molecular weight is 338 g/mol. The fourth-order valence-electron chi connectivity index (χ4n) is 3.34. The molecule has 2 aliphatic heterocycles. The molecule has 0 spiro atoms. The highest BCUT2D eigenvalue weighted by Crippen LogP contribution is 2.53. The fraction of sp³-hybridized carbons (Fsp3) is 0.250. The van der Waals surface area contributed by atoms with Crippen LogP contribution >= 0.6 is 0 Å². The van der Waals surface area contributed by atoms with E-state index < -0.39 is 18.0 Å². The van der Waals surface area contributed by atoms with Gasteiger partial charge in [0.1, 0.15) is 35.0 Å². The van der Waals surface area contributed by atoms with Gasteiger partial charge in [-0.3, -0.25) is 4.79 Å². The van der Waals surface area contributed by atoms with E-state index in [1.54, 1.807) is 6.07 Å². The Hall–Kier alpha value is -2.95. The molecule has 2 unspecified atom stereocenters. The van der Waals surface area contributed by atoms with Gasteiger partial charge in [0.2, 0.25) is 0 Å². The number of hydrogen-bond donors (Lipinski definition) is 2. The first kappa shape index (κ1) is 15.6. The molecule has 5 heteroatoms. The van der Waals surface area contributed by atoms with E-state index in [9.17, 15) is 15.0 Å². The summed E-state index contributed by atoms with van der Waals surface area (Å²) in [5, 5.41) is 19.9. The SMILES string of the molecule is CC(C)=CCc1cc2c(cc1O)OC(=O)C1c3ccc(O)cc3OC21. The van der Waals surface area contributed by atoms with Crippen LogP contribution in [0.15, 0.2) is 42.0 Å². The van der Waals surface area contributed by atoms with Gasteiger partial charge in [-0.1, -0.05) is 17.7 Å². The predicted molar refractivity (Wildman–Crippen MR) is 91.1 cm³/mol. The highest BCUT2D eigenvalue weighted by molar-refractivity contribution is 5.86. The first-order chi connectivity index (χ1) is 11.9. The lowest BCUT2D eigenvalue weighted by Gasteiger charge is -2.26. The minimum absolute atomic E-state index is 0.0842. The van der Waals surface area contributed by atoms with E-state index in [0.29, 0.717) is 23.5 Å². The molecule has 0 aliphatic carbocycles. The number of hydrogen-bond acceptors (Lipinski definition) is 5. The Morgan fingerprint density at radius 3 is 2.68 bits per heavy atom. The summed E-state index contributed by atoms with van der Waals surface area (Å²) in [4.78, 5) is 12.4. The summed E-state index contributed by atoms with van der Waals surface area (Å²) >= 11 is 0.